The maximum atomic E-state index is 12.5. The number of carbonyl (C=O) groups excluding carboxylic acids is 4. The maximum Gasteiger partial charge on any atom is 0.274 e. The third kappa shape index (κ3) is 9.77. The highest BCUT2D eigenvalue weighted by Gasteiger charge is 2.50. The van der Waals surface area contributed by atoms with Crippen LogP contribution in [-0.4, -0.2) is 71.2 Å². The Hall–Kier alpha value is -3.57. The number of ketones is 1. The summed E-state index contributed by atoms with van der Waals surface area (Å²) in [5.74, 6) is -1.67. The molecule has 202 valence electrons. The summed E-state index contributed by atoms with van der Waals surface area (Å²) in [4.78, 5) is 49.0. The van der Waals surface area contributed by atoms with Gasteiger partial charge in [0.1, 0.15) is 17.4 Å². The number of aliphatic hydroxyl groups is 1. The van der Waals surface area contributed by atoms with Crippen LogP contribution in [0.25, 0.3) is 0 Å². The van der Waals surface area contributed by atoms with Crippen molar-refractivity contribution in [3.05, 3.63) is 53.4 Å². The third-order valence-corrected chi connectivity index (χ3v) is 5.49. The molecule has 2 heterocycles. The smallest absolute Gasteiger partial charge is 0.274 e. The second-order valence-electron chi connectivity index (χ2n) is 9.54. The summed E-state index contributed by atoms with van der Waals surface area (Å²) in [7, 11) is 0. The molecule has 11 nitrogen and oxygen atoms in total. The van der Waals surface area contributed by atoms with E-state index in [0.29, 0.717) is 18.8 Å². The molecule has 0 unspecified atom stereocenters. The van der Waals surface area contributed by atoms with Crippen LogP contribution in [0.1, 0.15) is 49.0 Å². The monoisotopic (exact) mass is 516 g/mol. The largest absolute Gasteiger partial charge is 0.394 e. The molecule has 0 aliphatic carbocycles. The zero-order chi connectivity index (χ0) is 27.6. The van der Waals surface area contributed by atoms with Gasteiger partial charge >= 0.3 is 0 Å². The fraction of sp³-hybridized carbons (Fsp3) is 0.500. The van der Waals surface area contributed by atoms with E-state index in [0.717, 1.165) is 0 Å². The highest BCUT2D eigenvalue weighted by Crippen LogP contribution is 2.29. The Bertz CT molecular complexity index is 1060. The lowest BCUT2D eigenvalue weighted by Crippen LogP contribution is -2.53. The second-order valence-corrected chi connectivity index (χ2v) is 9.54. The van der Waals surface area contributed by atoms with E-state index in [-0.39, 0.29) is 17.4 Å². The van der Waals surface area contributed by atoms with Crippen molar-refractivity contribution in [2.24, 2.45) is 5.92 Å². The van der Waals surface area contributed by atoms with Crippen LogP contribution in [-0.2, 0) is 19.1 Å². The topological polar surface area (TPSA) is 163 Å². The van der Waals surface area contributed by atoms with E-state index in [1.807, 2.05) is 32.0 Å². The molecule has 0 radical (unpaired) electrons. The Morgan fingerprint density at radius 3 is 2.19 bits per heavy atom. The van der Waals surface area contributed by atoms with E-state index < -0.39 is 48.6 Å². The fourth-order valence-corrected chi connectivity index (χ4v) is 3.29. The van der Waals surface area contributed by atoms with Gasteiger partial charge in [-0.1, -0.05) is 54.9 Å². The second kappa shape index (κ2) is 13.7. The Morgan fingerprint density at radius 1 is 1.08 bits per heavy atom. The van der Waals surface area contributed by atoms with E-state index in [1.54, 1.807) is 13.8 Å². The van der Waals surface area contributed by atoms with Gasteiger partial charge < -0.3 is 30.3 Å². The van der Waals surface area contributed by atoms with Crippen molar-refractivity contribution < 1.29 is 33.5 Å². The number of benzene rings is 1. The average Bonchev–Trinajstić information content (AvgIpc) is 3.46. The maximum absolute atomic E-state index is 12.5. The SMILES string of the molecule is Cc1cc(C(=O)N[C@@H](CO)C(=O)NCC(=O)N[C@@H](CC(C)C)C(=O)[C@@]2(C)CO2)no1.Cc1ccccc1. The first-order valence-electron chi connectivity index (χ1n) is 12.1. The van der Waals surface area contributed by atoms with Gasteiger partial charge in [0.2, 0.25) is 11.8 Å². The van der Waals surface area contributed by atoms with Crippen LogP contribution in [0.5, 0.6) is 0 Å². The normalized spacial score (nSPS) is 17.6. The molecule has 0 spiro atoms. The van der Waals surface area contributed by atoms with Crippen molar-refractivity contribution in [3.8, 4) is 0 Å². The summed E-state index contributed by atoms with van der Waals surface area (Å²) in [6.07, 6.45) is 0.434. The Balaban J connectivity index is 0.000000591. The summed E-state index contributed by atoms with van der Waals surface area (Å²) < 4.78 is 9.96. The number of nitrogens with one attached hydrogen (secondary N) is 3. The highest BCUT2D eigenvalue weighted by atomic mass is 16.6. The molecular weight excluding hydrogens is 480 g/mol. The number of ether oxygens (including phenoxy) is 1. The molecule has 1 aromatic carbocycles. The predicted molar refractivity (Wildman–Crippen MR) is 135 cm³/mol. The van der Waals surface area contributed by atoms with Crippen LogP contribution >= 0.6 is 0 Å². The van der Waals surface area contributed by atoms with Crippen LogP contribution in [0.15, 0.2) is 40.9 Å². The fourth-order valence-electron chi connectivity index (χ4n) is 3.29. The van der Waals surface area contributed by atoms with Gasteiger partial charge in [0.15, 0.2) is 11.5 Å². The molecule has 0 saturated carbocycles. The van der Waals surface area contributed by atoms with E-state index in [2.05, 4.69) is 40.2 Å². The number of nitrogens with zero attached hydrogens (tertiary/aromatic N) is 1. The van der Waals surface area contributed by atoms with Crippen molar-refractivity contribution in [1.29, 1.82) is 0 Å². The minimum atomic E-state index is -1.28. The molecule has 11 heteroatoms. The molecule has 1 aliphatic heterocycles. The summed E-state index contributed by atoms with van der Waals surface area (Å²) in [5, 5.41) is 20.2. The van der Waals surface area contributed by atoms with Gasteiger partial charge in [-0.2, -0.15) is 0 Å². The van der Waals surface area contributed by atoms with Crippen molar-refractivity contribution in [2.45, 2.75) is 58.7 Å². The molecule has 1 aromatic heterocycles. The van der Waals surface area contributed by atoms with Gasteiger partial charge in [-0.15, -0.1) is 0 Å². The number of aliphatic hydroxyl groups excluding tert-OH is 1. The molecule has 1 fully saturated rings. The quantitative estimate of drug-likeness (QED) is 0.322. The number of rotatable bonds is 11. The Labute approximate surface area is 216 Å². The van der Waals surface area contributed by atoms with Gasteiger partial charge in [0, 0.05) is 6.07 Å². The van der Waals surface area contributed by atoms with Crippen molar-refractivity contribution >= 4 is 23.5 Å². The molecule has 1 saturated heterocycles. The molecular formula is C26H36N4O7. The van der Waals surface area contributed by atoms with Crippen molar-refractivity contribution in [3.63, 3.8) is 0 Å². The van der Waals surface area contributed by atoms with E-state index >= 15 is 0 Å². The molecule has 3 amide bonds. The molecule has 2 aromatic rings. The first-order valence-corrected chi connectivity index (χ1v) is 12.1. The number of aromatic nitrogens is 1. The summed E-state index contributed by atoms with van der Waals surface area (Å²) in [5.41, 5.74) is 0.409. The zero-order valence-electron chi connectivity index (χ0n) is 21.9. The lowest BCUT2D eigenvalue weighted by molar-refractivity contribution is -0.131. The van der Waals surface area contributed by atoms with Crippen LogP contribution in [0.2, 0.25) is 0 Å². The molecule has 0 bridgehead atoms. The standard InChI is InChI=1S/C19H28N4O7.C7H8/c1-10(2)5-12(16(26)19(4)9-29-19)21-15(25)7-20-17(27)14(8-24)22-18(28)13-6-11(3)30-23-13;1-7-5-3-2-4-6-7/h6,10,12,14,24H,5,7-9H2,1-4H3,(H,20,27)(H,21,25)(H,22,28);2-6H,1H3/t12-,14-,19+;/m0./s1. The minimum absolute atomic E-state index is 0.0395. The predicted octanol–water partition coefficient (Wildman–Crippen LogP) is 1.07. The van der Waals surface area contributed by atoms with Gasteiger partial charge in [-0.25, -0.2) is 0 Å². The van der Waals surface area contributed by atoms with E-state index in [1.165, 1.54) is 11.6 Å². The van der Waals surface area contributed by atoms with E-state index in [9.17, 15) is 24.3 Å². The van der Waals surface area contributed by atoms with Gasteiger partial charge in [0.05, 0.1) is 25.8 Å². The first kappa shape index (κ1) is 29.7. The Morgan fingerprint density at radius 2 is 1.73 bits per heavy atom. The summed E-state index contributed by atoms with van der Waals surface area (Å²) in [6.45, 7) is 8.42. The number of carbonyl (C=O) groups is 4. The summed E-state index contributed by atoms with van der Waals surface area (Å²) >= 11 is 0. The van der Waals surface area contributed by atoms with Crippen molar-refractivity contribution in [2.75, 3.05) is 19.8 Å². The first-order chi connectivity index (χ1) is 17.4. The molecule has 37 heavy (non-hydrogen) atoms. The van der Waals surface area contributed by atoms with Crippen LogP contribution in [0.3, 0.4) is 0 Å². The lowest BCUT2D eigenvalue weighted by atomic mass is 9.93. The van der Waals surface area contributed by atoms with Crippen molar-refractivity contribution in [1.82, 2.24) is 21.1 Å². The van der Waals surface area contributed by atoms with Crippen LogP contribution in [0.4, 0.5) is 0 Å². The lowest BCUT2D eigenvalue weighted by Gasteiger charge is -2.22. The van der Waals surface area contributed by atoms with Crippen LogP contribution in [0, 0.1) is 19.8 Å². The number of amides is 3. The Kier molecular flexibility index (Phi) is 10.9. The number of hydrogen-bond acceptors (Lipinski definition) is 8. The molecule has 3 rings (SSSR count). The zero-order valence-corrected chi connectivity index (χ0v) is 21.9. The van der Waals surface area contributed by atoms with Gasteiger partial charge in [-0.05, 0) is 33.1 Å². The highest BCUT2D eigenvalue weighted by molar-refractivity contribution is 5.98. The van der Waals surface area contributed by atoms with E-state index in [4.69, 9.17) is 9.26 Å². The molecule has 3 atom stereocenters. The molecule has 1 aliphatic rings. The number of aryl methyl sites for hydroxylation is 2. The number of hydrogen-bond donors (Lipinski definition) is 4. The van der Waals surface area contributed by atoms with Gasteiger partial charge in [0.25, 0.3) is 5.91 Å². The summed E-state index contributed by atoms with van der Waals surface area (Å²) in [6, 6.07) is 9.63. The van der Waals surface area contributed by atoms with Crippen LogP contribution < -0.4 is 16.0 Å². The number of Topliss-reactive ketones (excluding diaryl/α,β-unsaturated/α-hetero) is 1. The molecule has 4 N–H and O–H groups in total. The van der Waals surface area contributed by atoms with Gasteiger partial charge in [-0.3, -0.25) is 19.2 Å². The number of epoxide rings is 1. The minimum Gasteiger partial charge on any atom is -0.394 e. The average molecular weight is 517 g/mol. The third-order valence-electron chi connectivity index (χ3n) is 5.49.